The molecule has 0 bridgehead atoms. The molecule has 63 heavy (non-hydrogen) atoms. The molecule has 0 spiro atoms. The van der Waals surface area contributed by atoms with Crippen molar-refractivity contribution in [3.63, 3.8) is 0 Å². The van der Waals surface area contributed by atoms with Crippen LogP contribution in [0.1, 0.15) is 0 Å². The van der Waals surface area contributed by atoms with E-state index in [0.29, 0.717) is 5.82 Å². The van der Waals surface area contributed by atoms with Crippen molar-refractivity contribution in [2.45, 2.75) is 0 Å². The average molecular weight is 804 g/mol. The van der Waals surface area contributed by atoms with Crippen LogP contribution in [0.25, 0.3) is 116 Å². The highest BCUT2D eigenvalue weighted by atomic mass is 15.0. The lowest BCUT2D eigenvalue weighted by Gasteiger charge is -2.17. The van der Waals surface area contributed by atoms with Crippen molar-refractivity contribution in [1.82, 2.24) is 23.7 Å². The van der Waals surface area contributed by atoms with Crippen LogP contribution in [0.15, 0.2) is 224 Å². The maximum atomic E-state index is 5.50. The van der Waals surface area contributed by atoms with Gasteiger partial charge in [0.2, 0.25) is 0 Å². The number of para-hydroxylation sites is 5. The summed E-state index contributed by atoms with van der Waals surface area (Å²) in [5, 5.41) is 7.13. The summed E-state index contributed by atoms with van der Waals surface area (Å²) < 4.78 is 7.34. The highest BCUT2D eigenvalue weighted by molar-refractivity contribution is 6.26. The number of nitrogens with zero attached hydrogens (tertiary/aromatic N) is 5. The maximum Gasteiger partial charge on any atom is 0.160 e. The van der Waals surface area contributed by atoms with Gasteiger partial charge in [-0.25, -0.2) is 9.97 Å². The second kappa shape index (κ2) is 14.0. The van der Waals surface area contributed by atoms with E-state index in [1.807, 2.05) is 6.07 Å². The van der Waals surface area contributed by atoms with Crippen molar-refractivity contribution in [2.75, 3.05) is 0 Å². The Bertz CT molecular complexity index is 3820. The zero-order chi connectivity index (χ0) is 41.4. The van der Waals surface area contributed by atoms with E-state index in [0.717, 1.165) is 78.1 Å². The molecule has 13 rings (SSSR count). The minimum atomic E-state index is 0.681. The van der Waals surface area contributed by atoms with Crippen LogP contribution in [0.5, 0.6) is 0 Å². The first kappa shape index (κ1) is 35.2. The van der Waals surface area contributed by atoms with Gasteiger partial charge in [0.05, 0.1) is 50.2 Å². The monoisotopic (exact) mass is 803 g/mol. The number of hydrogen-bond acceptors (Lipinski definition) is 2. The fourth-order valence-electron chi connectivity index (χ4n) is 9.92. The average Bonchev–Trinajstić information content (AvgIpc) is 4.00. The van der Waals surface area contributed by atoms with E-state index in [9.17, 15) is 0 Å². The number of rotatable bonds is 6. The minimum absolute atomic E-state index is 0.681. The Morgan fingerprint density at radius 1 is 0.302 bits per heavy atom. The molecule has 0 aliphatic rings. The van der Waals surface area contributed by atoms with E-state index in [-0.39, 0.29) is 0 Å². The van der Waals surface area contributed by atoms with Crippen LogP contribution < -0.4 is 0 Å². The van der Waals surface area contributed by atoms with Crippen LogP contribution in [-0.2, 0) is 0 Å². The van der Waals surface area contributed by atoms with Gasteiger partial charge in [-0.1, -0.05) is 158 Å². The van der Waals surface area contributed by atoms with Gasteiger partial charge in [-0.2, -0.15) is 0 Å². The Balaban J connectivity index is 1.23. The summed E-state index contributed by atoms with van der Waals surface area (Å²) in [5.74, 6) is 0.681. The molecular formula is C58H37N5. The topological polar surface area (TPSA) is 40.6 Å². The van der Waals surface area contributed by atoms with Gasteiger partial charge in [0.1, 0.15) is 0 Å². The SMILES string of the molecule is c1ccc(-c2cc(-c3cc4c5ccccc5n(-c5ccccc5)c4cc3-n3c4ccccc4c4ccc5c(c6ccccc6n5-c5ccccc5)c43)nc(-c3ccccc3)n2)cc1. The van der Waals surface area contributed by atoms with Gasteiger partial charge in [-0.15, -0.1) is 0 Å². The molecule has 0 saturated carbocycles. The lowest BCUT2D eigenvalue weighted by Crippen LogP contribution is -2.02. The lowest BCUT2D eigenvalue weighted by molar-refractivity contribution is 1.14. The molecule has 0 saturated heterocycles. The molecule has 4 aromatic heterocycles. The molecule has 0 N–H and O–H groups in total. The van der Waals surface area contributed by atoms with Crippen molar-refractivity contribution in [3.05, 3.63) is 224 Å². The third-order valence-electron chi connectivity index (χ3n) is 12.6. The number of aromatic nitrogens is 5. The van der Waals surface area contributed by atoms with Gasteiger partial charge in [0.25, 0.3) is 0 Å². The van der Waals surface area contributed by atoms with Crippen LogP contribution in [0.2, 0.25) is 0 Å². The zero-order valence-electron chi connectivity index (χ0n) is 34.1. The largest absolute Gasteiger partial charge is 0.309 e. The summed E-state index contributed by atoms with van der Waals surface area (Å²) in [5.41, 5.74) is 14.9. The van der Waals surface area contributed by atoms with Crippen LogP contribution in [0.4, 0.5) is 0 Å². The second-order valence-electron chi connectivity index (χ2n) is 16.2. The molecular weight excluding hydrogens is 767 g/mol. The second-order valence-corrected chi connectivity index (χ2v) is 16.2. The summed E-state index contributed by atoms with van der Waals surface area (Å²) in [6.45, 7) is 0. The van der Waals surface area contributed by atoms with Gasteiger partial charge >= 0.3 is 0 Å². The number of fused-ring (bicyclic) bond motifs is 10. The highest BCUT2D eigenvalue weighted by Crippen LogP contribution is 2.46. The van der Waals surface area contributed by atoms with E-state index in [1.165, 1.54) is 32.4 Å². The Morgan fingerprint density at radius 3 is 1.44 bits per heavy atom. The molecule has 0 aliphatic carbocycles. The molecule has 0 fully saturated rings. The third-order valence-corrected chi connectivity index (χ3v) is 12.6. The Labute approximate surface area is 363 Å². The summed E-state index contributed by atoms with van der Waals surface area (Å²) in [6.07, 6.45) is 0. The fraction of sp³-hybridized carbons (Fsp3) is 0. The zero-order valence-corrected chi connectivity index (χ0v) is 34.1. The van der Waals surface area contributed by atoms with Crippen LogP contribution >= 0.6 is 0 Å². The van der Waals surface area contributed by atoms with Crippen LogP contribution in [0, 0.1) is 0 Å². The first-order valence-electron chi connectivity index (χ1n) is 21.4. The molecule has 9 aromatic carbocycles. The normalized spacial score (nSPS) is 11.8. The number of benzene rings is 9. The quantitative estimate of drug-likeness (QED) is 0.168. The van der Waals surface area contributed by atoms with Crippen molar-refractivity contribution < 1.29 is 0 Å². The molecule has 0 unspecified atom stereocenters. The van der Waals surface area contributed by atoms with E-state index in [4.69, 9.17) is 9.97 Å². The lowest BCUT2D eigenvalue weighted by atomic mass is 10.0. The van der Waals surface area contributed by atoms with Gasteiger partial charge in [0, 0.05) is 60.4 Å². The molecule has 5 heteroatoms. The van der Waals surface area contributed by atoms with E-state index in [2.05, 4.69) is 232 Å². The van der Waals surface area contributed by atoms with E-state index < -0.39 is 0 Å². The molecule has 4 heterocycles. The summed E-state index contributed by atoms with van der Waals surface area (Å²) >= 11 is 0. The van der Waals surface area contributed by atoms with E-state index >= 15 is 0 Å². The van der Waals surface area contributed by atoms with Gasteiger partial charge in [-0.05, 0) is 66.7 Å². The molecule has 0 atom stereocenters. The van der Waals surface area contributed by atoms with E-state index in [1.54, 1.807) is 0 Å². The van der Waals surface area contributed by atoms with Gasteiger partial charge in [0.15, 0.2) is 5.82 Å². The number of hydrogen-bond donors (Lipinski definition) is 0. The molecule has 0 aliphatic heterocycles. The molecule has 5 nitrogen and oxygen atoms in total. The molecule has 0 radical (unpaired) electrons. The summed E-state index contributed by atoms with van der Waals surface area (Å²) in [6, 6.07) is 80.3. The fourth-order valence-corrected chi connectivity index (χ4v) is 9.92. The van der Waals surface area contributed by atoms with Gasteiger partial charge in [-0.3, -0.25) is 0 Å². The third kappa shape index (κ3) is 5.43. The predicted molar refractivity (Wildman–Crippen MR) is 261 cm³/mol. The van der Waals surface area contributed by atoms with Crippen LogP contribution in [0.3, 0.4) is 0 Å². The van der Waals surface area contributed by atoms with Crippen molar-refractivity contribution in [2.24, 2.45) is 0 Å². The predicted octanol–water partition coefficient (Wildman–Crippen LogP) is 14.8. The van der Waals surface area contributed by atoms with Crippen molar-refractivity contribution in [1.29, 1.82) is 0 Å². The standard InChI is InChI=1S/C58H37N5/c1-5-19-38(20-6-1)48-36-49(60-58(59-48)39-21-7-2-8-22-39)47-35-46-43-28-14-16-30-50(43)62(41-25-11-4-12-26-41)54(46)37-55(47)63-51-31-17-13-27-42(51)44-33-34-53-56(57(44)63)45-29-15-18-32-52(45)61(53)40-23-9-3-10-24-40/h1-37H. The first-order valence-corrected chi connectivity index (χ1v) is 21.4. The Morgan fingerprint density at radius 2 is 0.794 bits per heavy atom. The summed E-state index contributed by atoms with van der Waals surface area (Å²) in [4.78, 5) is 10.7. The van der Waals surface area contributed by atoms with Gasteiger partial charge < -0.3 is 13.7 Å². The summed E-state index contributed by atoms with van der Waals surface area (Å²) in [7, 11) is 0. The Kier molecular flexibility index (Phi) is 7.84. The minimum Gasteiger partial charge on any atom is -0.309 e. The van der Waals surface area contributed by atoms with Crippen molar-refractivity contribution in [3.8, 4) is 51.0 Å². The molecule has 294 valence electrons. The maximum absolute atomic E-state index is 5.50. The van der Waals surface area contributed by atoms with Crippen LogP contribution in [-0.4, -0.2) is 23.7 Å². The van der Waals surface area contributed by atoms with Crippen molar-refractivity contribution >= 4 is 65.4 Å². The smallest absolute Gasteiger partial charge is 0.160 e. The Hall–Kier alpha value is -8.54. The highest BCUT2D eigenvalue weighted by Gasteiger charge is 2.25. The first-order chi connectivity index (χ1) is 31.3. The molecule has 13 aromatic rings. The molecule has 0 amide bonds.